The average molecular weight is 391 g/mol. The molecule has 4 heteroatoms. The van der Waals surface area contributed by atoms with Gasteiger partial charge in [-0.2, -0.15) is 0 Å². The number of halogens is 1. The number of allylic oxidation sites excluding steroid dienone is 1. The highest BCUT2D eigenvalue weighted by atomic mass is 32.1. The lowest BCUT2D eigenvalue weighted by Crippen LogP contribution is -2.31. The van der Waals surface area contributed by atoms with E-state index in [4.69, 9.17) is 4.98 Å². The van der Waals surface area contributed by atoms with E-state index < -0.39 is 0 Å². The molecule has 5 rings (SSSR count). The Bertz CT molecular complexity index is 992. The molecule has 3 aromatic rings. The van der Waals surface area contributed by atoms with Crippen molar-refractivity contribution in [1.82, 2.24) is 9.97 Å². The quantitative estimate of drug-likeness (QED) is 0.510. The molecule has 0 bridgehead atoms. The fraction of sp³-hybridized carbons (Fsp3) is 0.333. The third-order valence-electron chi connectivity index (χ3n) is 6.28. The molecule has 0 radical (unpaired) electrons. The topological polar surface area (TPSA) is 25.8 Å². The van der Waals surface area contributed by atoms with Crippen molar-refractivity contribution in [3.63, 3.8) is 0 Å². The van der Waals surface area contributed by atoms with E-state index in [1.165, 1.54) is 48.7 Å². The average Bonchev–Trinajstić information content (AvgIpc) is 3.20. The molecule has 142 valence electrons. The number of hydrogen-bond donors (Lipinski definition) is 0. The maximum absolute atomic E-state index is 13.5. The van der Waals surface area contributed by atoms with Gasteiger partial charge < -0.3 is 0 Å². The number of nitrogens with zero attached hydrogens (tertiary/aromatic N) is 2. The van der Waals surface area contributed by atoms with Crippen LogP contribution in [-0.4, -0.2) is 9.97 Å². The molecular formula is C24H23FN2S. The lowest BCUT2D eigenvalue weighted by Gasteiger charge is -2.39. The first kappa shape index (κ1) is 17.7. The van der Waals surface area contributed by atoms with Gasteiger partial charge in [0.05, 0.1) is 16.9 Å². The van der Waals surface area contributed by atoms with Gasteiger partial charge in [0, 0.05) is 22.6 Å². The summed E-state index contributed by atoms with van der Waals surface area (Å²) in [5, 5.41) is 0. The van der Waals surface area contributed by atoms with Gasteiger partial charge in [-0.1, -0.05) is 37.1 Å². The van der Waals surface area contributed by atoms with Crippen LogP contribution in [0.15, 0.2) is 54.2 Å². The van der Waals surface area contributed by atoms with Gasteiger partial charge in [-0.3, -0.25) is 4.98 Å². The van der Waals surface area contributed by atoms with Gasteiger partial charge >= 0.3 is 0 Å². The van der Waals surface area contributed by atoms with E-state index in [1.807, 2.05) is 41.2 Å². The summed E-state index contributed by atoms with van der Waals surface area (Å²) >= 11 is 1.82. The summed E-state index contributed by atoms with van der Waals surface area (Å²) in [6.45, 7) is 0. The van der Waals surface area contributed by atoms with Gasteiger partial charge in [0.2, 0.25) is 0 Å². The maximum atomic E-state index is 13.5. The van der Waals surface area contributed by atoms with Crippen LogP contribution in [0.2, 0.25) is 0 Å². The van der Waals surface area contributed by atoms with Crippen molar-refractivity contribution in [3.8, 4) is 11.1 Å². The summed E-state index contributed by atoms with van der Waals surface area (Å²) in [7, 11) is 0. The smallest absolute Gasteiger partial charge is 0.123 e. The van der Waals surface area contributed by atoms with Gasteiger partial charge in [-0.05, 0) is 60.9 Å². The zero-order valence-electron chi connectivity index (χ0n) is 15.7. The molecule has 2 heterocycles. The number of benzene rings is 1. The Labute approximate surface area is 169 Å². The third-order valence-corrected chi connectivity index (χ3v) is 7.15. The van der Waals surface area contributed by atoms with Gasteiger partial charge in [0.25, 0.3) is 0 Å². The predicted octanol–water partition coefficient (Wildman–Crippen LogP) is 6.50. The number of rotatable bonds is 3. The van der Waals surface area contributed by atoms with Crippen molar-refractivity contribution in [2.24, 2.45) is 11.8 Å². The van der Waals surface area contributed by atoms with Gasteiger partial charge in [0.1, 0.15) is 5.82 Å². The number of fused-ring (bicyclic) bond motifs is 2. The number of thiazole rings is 1. The number of aromatic nitrogens is 2. The largest absolute Gasteiger partial charge is 0.256 e. The molecule has 28 heavy (non-hydrogen) atoms. The Hall–Kier alpha value is -2.33. The van der Waals surface area contributed by atoms with Crippen LogP contribution in [0.5, 0.6) is 0 Å². The molecule has 0 amide bonds. The first-order valence-corrected chi connectivity index (χ1v) is 11.0. The summed E-state index contributed by atoms with van der Waals surface area (Å²) in [6, 6.07) is 10.7. The normalized spacial score (nSPS) is 24.1. The van der Waals surface area contributed by atoms with E-state index >= 15 is 0 Å². The summed E-state index contributed by atoms with van der Waals surface area (Å²) in [5.74, 6) is 1.70. The van der Waals surface area contributed by atoms with Crippen LogP contribution >= 0.6 is 11.3 Å². The zero-order valence-corrected chi connectivity index (χ0v) is 16.5. The van der Waals surface area contributed by atoms with E-state index in [0.717, 1.165) is 22.7 Å². The summed E-state index contributed by atoms with van der Waals surface area (Å²) in [4.78, 5) is 10.8. The molecule has 0 aliphatic heterocycles. The second kappa shape index (κ2) is 7.59. The van der Waals surface area contributed by atoms with Crippen LogP contribution in [0.3, 0.4) is 0 Å². The van der Waals surface area contributed by atoms with E-state index in [9.17, 15) is 4.39 Å². The predicted molar refractivity (Wildman–Crippen MR) is 113 cm³/mol. The molecule has 2 aromatic heterocycles. The molecule has 0 spiro atoms. The van der Waals surface area contributed by atoms with E-state index in [0.29, 0.717) is 11.8 Å². The molecular weight excluding hydrogens is 367 g/mol. The van der Waals surface area contributed by atoms with Crippen molar-refractivity contribution in [1.29, 1.82) is 0 Å². The second-order valence-electron chi connectivity index (χ2n) is 7.94. The van der Waals surface area contributed by atoms with Gasteiger partial charge in [0.15, 0.2) is 0 Å². The monoisotopic (exact) mass is 390 g/mol. The van der Waals surface area contributed by atoms with Crippen molar-refractivity contribution in [2.75, 3.05) is 0 Å². The van der Waals surface area contributed by atoms with E-state index in [-0.39, 0.29) is 5.82 Å². The number of hydrogen-bond acceptors (Lipinski definition) is 3. The standard InChI is InChI=1S/C24H23FN2S/c25-19-6-3-5-16(12-19)18-8-9-20(26-14-18)10-11-22-21-7-2-1-4-17(21)13-23-24(22)27-15-28-23/h3,5-6,8-12,14-15,17,21-22H,1-2,4,7,13H2/b11-10+. The highest BCUT2D eigenvalue weighted by molar-refractivity contribution is 7.09. The molecule has 2 aliphatic rings. The highest BCUT2D eigenvalue weighted by Crippen LogP contribution is 2.48. The molecule has 1 saturated carbocycles. The molecule has 1 fully saturated rings. The molecule has 3 unspecified atom stereocenters. The van der Waals surface area contributed by atoms with Crippen molar-refractivity contribution in [3.05, 3.63) is 76.3 Å². The Kier molecular flexibility index (Phi) is 4.81. The molecule has 3 atom stereocenters. The molecule has 0 N–H and O–H groups in total. The van der Waals surface area contributed by atoms with Crippen molar-refractivity contribution in [2.45, 2.75) is 38.0 Å². The first-order valence-electron chi connectivity index (χ1n) is 10.1. The molecule has 0 saturated heterocycles. The van der Waals surface area contributed by atoms with Gasteiger partial charge in [-0.15, -0.1) is 11.3 Å². The van der Waals surface area contributed by atoms with Crippen LogP contribution < -0.4 is 0 Å². The van der Waals surface area contributed by atoms with Crippen LogP contribution in [0.4, 0.5) is 4.39 Å². The van der Waals surface area contributed by atoms with Crippen LogP contribution in [0.1, 0.15) is 47.9 Å². The minimum Gasteiger partial charge on any atom is -0.256 e. The third kappa shape index (κ3) is 3.42. The molecule has 1 aromatic carbocycles. The minimum atomic E-state index is -0.222. The Morgan fingerprint density at radius 3 is 2.82 bits per heavy atom. The Morgan fingerprint density at radius 1 is 1.04 bits per heavy atom. The summed E-state index contributed by atoms with van der Waals surface area (Å²) in [6.07, 6.45) is 12.9. The Morgan fingerprint density at radius 2 is 1.96 bits per heavy atom. The van der Waals surface area contributed by atoms with E-state index in [2.05, 4.69) is 17.1 Å². The minimum absolute atomic E-state index is 0.222. The van der Waals surface area contributed by atoms with Crippen LogP contribution in [0.25, 0.3) is 17.2 Å². The summed E-state index contributed by atoms with van der Waals surface area (Å²) in [5.41, 5.74) is 6.03. The highest BCUT2D eigenvalue weighted by Gasteiger charge is 2.38. The number of pyridine rings is 1. The van der Waals surface area contributed by atoms with E-state index in [1.54, 1.807) is 12.1 Å². The maximum Gasteiger partial charge on any atom is 0.123 e. The fourth-order valence-corrected chi connectivity index (χ4v) is 5.80. The fourth-order valence-electron chi connectivity index (χ4n) is 4.89. The lowest BCUT2D eigenvalue weighted by atomic mass is 9.66. The SMILES string of the molecule is Fc1cccc(-c2ccc(/C=C/C3c4ncsc4CC4CCCCC43)nc2)c1. The second-order valence-corrected chi connectivity index (χ2v) is 8.88. The zero-order chi connectivity index (χ0) is 18.9. The lowest BCUT2D eigenvalue weighted by molar-refractivity contribution is 0.202. The summed E-state index contributed by atoms with van der Waals surface area (Å²) < 4.78 is 13.5. The van der Waals surface area contributed by atoms with Crippen molar-refractivity contribution < 1.29 is 4.39 Å². The first-order chi connectivity index (χ1) is 13.8. The van der Waals surface area contributed by atoms with Crippen molar-refractivity contribution >= 4 is 17.4 Å². The molecule has 2 nitrogen and oxygen atoms in total. The van der Waals surface area contributed by atoms with Crippen LogP contribution in [-0.2, 0) is 6.42 Å². The molecule has 2 aliphatic carbocycles. The van der Waals surface area contributed by atoms with Crippen LogP contribution in [0, 0.1) is 17.7 Å². The Balaban J connectivity index is 1.39. The van der Waals surface area contributed by atoms with Gasteiger partial charge in [-0.25, -0.2) is 9.37 Å².